The molecule has 0 saturated carbocycles. The highest BCUT2D eigenvalue weighted by Gasteiger charge is 2.22. The molecule has 2 aromatic carbocycles. The van der Waals surface area contributed by atoms with Gasteiger partial charge in [-0.25, -0.2) is 14.6 Å². The zero-order chi connectivity index (χ0) is 21.9. The van der Waals surface area contributed by atoms with E-state index < -0.39 is 0 Å². The van der Waals surface area contributed by atoms with Crippen LogP contribution in [0, 0.1) is 0 Å². The van der Waals surface area contributed by atoms with E-state index in [1.165, 1.54) is 11.8 Å². The molecule has 0 aliphatic heterocycles. The summed E-state index contributed by atoms with van der Waals surface area (Å²) in [7, 11) is 0. The van der Waals surface area contributed by atoms with E-state index in [0.717, 1.165) is 16.6 Å². The number of furan rings is 1. The molecule has 5 aromatic rings. The number of para-hydroxylation sites is 1. The van der Waals surface area contributed by atoms with Crippen LogP contribution in [0.25, 0.3) is 16.7 Å². The summed E-state index contributed by atoms with van der Waals surface area (Å²) in [6, 6.07) is 18.3. The van der Waals surface area contributed by atoms with E-state index >= 15 is 0 Å². The van der Waals surface area contributed by atoms with Gasteiger partial charge in [-0.05, 0) is 30.3 Å². The fourth-order valence-electron chi connectivity index (χ4n) is 3.31. The van der Waals surface area contributed by atoms with E-state index in [4.69, 9.17) is 16.0 Å². The van der Waals surface area contributed by atoms with Crippen molar-refractivity contribution in [2.45, 2.75) is 10.9 Å². The Morgan fingerprint density at radius 2 is 1.88 bits per heavy atom. The third-order valence-corrected chi connectivity index (χ3v) is 5.87. The number of amides is 1. The van der Waals surface area contributed by atoms with Crippen LogP contribution in [0.15, 0.2) is 88.8 Å². The Hall–Kier alpha value is -3.62. The summed E-state index contributed by atoms with van der Waals surface area (Å²) in [4.78, 5) is 21.7. The highest BCUT2D eigenvalue weighted by molar-refractivity contribution is 7.98. The molecular formula is C23H16ClN5O2S. The maximum Gasteiger partial charge on any atom is 0.292 e. The van der Waals surface area contributed by atoms with Gasteiger partial charge in [0.1, 0.15) is 11.4 Å². The number of carbonyl (C=O) groups is 1. The van der Waals surface area contributed by atoms with Gasteiger partial charge in [0.15, 0.2) is 10.9 Å². The van der Waals surface area contributed by atoms with Crippen molar-refractivity contribution >= 4 is 46.1 Å². The third-order valence-electron chi connectivity index (χ3n) is 4.73. The molecule has 0 aliphatic carbocycles. The molecule has 158 valence electrons. The summed E-state index contributed by atoms with van der Waals surface area (Å²) < 4.78 is 7.56. The molecule has 0 atom stereocenters. The largest absolute Gasteiger partial charge is 0.451 e. The second-order valence-corrected chi connectivity index (χ2v) is 8.17. The number of halogens is 1. The number of nitrogens with one attached hydrogen (secondary N) is 1. The van der Waals surface area contributed by atoms with Crippen molar-refractivity contribution in [2.24, 2.45) is 0 Å². The van der Waals surface area contributed by atoms with Crippen LogP contribution in [0.3, 0.4) is 0 Å². The lowest BCUT2D eigenvalue weighted by Crippen LogP contribution is -2.16. The summed E-state index contributed by atoms with van der Waals surface area (Å²) in [5, 5.41) is 9.30. The number of rotatable bonds is 6. The van der Waals surface area contributed by atoms with Crippen LogP contribution in [-0.4, -0.2) is 25.7 Å². The molecule has 5 rings (SSSR count). The fourth-order valence-corrected chi connectivity index (χ4v) is 4.32. The van der Waals surface area contributed by atoms with Crippen molar-refractivity contribution in [1.29, 1.82) is 0 Å². The minimum atomic E-state index is -0.366. The molecule has 1 N–H and O–H groups in total. The zero-order valence-electron chi connectivity index (χ0n) is 16.6. The van der Waals surface area contributed by atoms with Crippen LogP contribution < -0.4 is 5.32 Å². The molecule has 0 unspecified atom stereocenters. The summed E-state index contributed by atoms with van der Waals surface area (Å²) in [6.07, 6.45) is 4.99. The Bertz CT molecular complexity index is 1400. The van der Waals surface area contributed by atoms with Gasteiger partial charge in [0.2, 0.25) is 0 Å². The number of thioether (sulfide) groups is 1. The average molecular weight is 462 g/mol. The smallest absolute Gasteiger partial charge is 0.292 e. The van der Waals surface area contributed by atoms with E-state index in [2.05, 4.69) is 20.4 Å². The third kappa shape index (κ3) is 4.10. The molecule has 9 heteroatoms. The topological polar surface area (TPSA) is 85.8 Å². The standard InChI is InChI=1S/C23H16ClN5O2S/c24-15-5-3-6-16(13-15)29-20(9-12-27-29)28-22(30)21-18(14-32-23-25-10-4-11-26-23)17-7-1-2-8-19(17)31-21/h1-13H,14H2,(H,28,30). The predicted octanol–water partition coefficient (Wildman–Crippen LogP) is 5.61. The molecule has 0 fully saturated rings. The Morgan fingerprint density at radius 1 is 1.03 bits per heavy atom. The van der Waals surface area contributed by atoms with Crippen molar-refractivity contribution in [3.63, 3.8) is 0 Å². The highest BCUT2D eigenvalue weighted by Crippen LogP contribution is 2.31. The van der Waals surface area contributed by atoms with Crippen molar-refractivity contribution in [3.05, 3.63) is 95.6 Å². The maximum absolute atomic E-state index is 13.3. The molecule has 0 spiro atoms. The second-order valence-electron chi connectivity index (χ2n) is 6.79. The first kappa shape index (κ1) is 20.3. The minimum absolute atomic E-state index is 0.244. The molecule has 0 aliphatic rings. The Morgan fingerprint density at radius 3 is 2.72 bits per heavy atom. The summed E-state index contributed by atoms with van der Waals surface area (Å²) in [5.41, 5.74) is 2.16. The number of hydrogen-bond donors (Lipinski definition) is 1. The zero-order valence-corrected chi connectivity index (χ0v) is 18.2. The average Bonchev–Trinajstić information content (AvgIpc) is 3.43. The monoisotopic (exact) mass is 461 g/mol. The quantitative estimate of drug-likeness (QED) is 0.261. The summed E-state index contributed by atoms with van der Waals surface area (Å²) in [5.74, 6) is 0.864. The van der Waals surface area contributed by atoms with Gasteiger partial charge in [-0.2, -0.15) is 5.10 Å². The van der Waals surface area contributed by atoms with Crippen molar-refractivity contribution < 1.29 is 9.21 Å². The molecule has 0 bridgehead atoms. The SMILES string of the molecule is O=C(Nc1ccnn1-c1cccc(Cl)c1)c1oc2ccccc2c1CSc1ncccn1. The van der Waals surface area contributed by atoms with Gasteiger partial charge in [-0.3, -0.25) is 4.79 Å². The number of benzene rings is 2. The summed E-state index contributed by atoms with van der Waals surface area (Å²) >= 11 is 7.55. The molecule has 1 amide bonds. The minimum Gasteiger partial charge on any atom is -0.451 e. The molecule has 0 saturated heterocycles. The van der Waals surface area contributed by atoms with E-state index in [1.54, 1.807) is 47.5 Å². The first-order valence-corrected chi connectivity index (χ1v) is 11.1. The Labute approximate surface area is 192 Å². The van der Waals surface area contributed by atoms with Gasteiger partial charge in [0, 0.05) is 40.2 Å². The van der Waals surface area contributed by atoms with Crippen LogP contribution in [0.5, 0.6) is 0 Å². The number of hydrogen-bond acceptors (Lipinski definition) is 6. The van der Waals surface area contributed by atoms with Crippen molar-refractivity contribution in [2.75, 3.05) is 5.32 Å². The highest BCUT2D eigenvalue weighted by atomic mass is 35.5. The fraction of sp³-hybridized carbons (Fsp3) is 0.0435. The maximum atomic E-state index is 13.3. The lowest BCUT2D eigenvalue weighted by Gasteiger charge is -2.09. The summed E-state index contributed by atoms with van der Waals surface area (Å²) in [6.45, 7) is 0. The van der Waals surface area contributed by atoms with E-state index in [0.29, 0.717) is 27.3 Å². The Kier molecular flexibility index (Phi) is 5.62. The van der Waals surface area contributed by atoms with Gasteiger partial charge in [-0.15, -0.1) is 0 Å². The van der Waals surface area contributed by atoms with E-state index in [-0.39, 0.29) is 11.7 Å². The van der Waals surface area contributed by atoms with E-state index in [1.807, 2.05) is 36.4 Å². The van der Waals surface area contributed by atoms with Crippen LogP contribution in [0.4, 0.5) is 5.82 Å². The second kappa shape index (κ2) is 8.86. The van der Waals surface area contributed by atoms with Crippen LogP contribution >= 0.6 is 23.4 Å². The molecule has 7 nitrogen and oxygen atoms in total. The van der Waals surface area contributed by atoms with Crippen LogP contribution in [0.1, 0.15) is 16.1 Å². The number of carbonyl (C=O) groups excluding carboxylic acids is 1. The Balaban J connectivity index is 1.46. The molecule has 3 heterocycles. The van der Waals surface area contributed by atoms with Gasteiger partial charge in [0.05, 0.1) is 11.9 Å². The first-order valence-electron chi connectivity index (χ1n) is 9.70. The van der Waals surface area contributed by atoms with Gasteiger partial charge < -0.3 is 9.73 Å². The van der Waals surface area contributed by atoms with Gasteiger partial charge in [-0.1, -0.05) is 47.6 Å². The number of nitrogens with zero attached hydrogens (tertiary/aromatic N) is 4. The van der Waals surface area contributed by atoms with E-state index in [9.17, 15) is 4.79 Å². The molecular weight excluding hydrogens is 446 g/mol. The van der Waals surface area contributed by atoms with Gasteiger partial charge in [0.25, 0.3) is 5.91 Å². The van der Waals surface area contributed by atoms with Gasteiger partial charge >= 0.3 is 0 Å². The normalized spacial score (nSPS) is 11.0. The molecule has 3 aromatic heterocycles. The molecule has 32 heavy (non-hydrogen) atoms. The number of anilines is 1. The predicted molar refractivity (Wildman–Crippen MR) is 124 cm³/mol. The lowest BCUT2D eigenvalue weighted by atomic mass is 10.1. The van der Waals surface area contributed by atoms with Crippen molar-refractivity contribution in [3.8, 4) is 5.69 Å². The number of fused-ring (bicyclic) bond motifs is 1. The first-order chi connectivity index (χ1) is 15.7. The van der Waals surface area contributed by atoms with Crippen LogP contribution in [-0.2, 0) is 5.75 Å². The molecule has 0 radical (unpaired) electrons. The van der Waals surface area contributed by atoms with Crippen LogP contribution in [0.2, 0.25) is 5.02 Å². The van der Waals surface area contributed by atoms with Crippen molar-refractivity contribution in [1.82, 2.24) is 19.7 Å². The number of aromatic nitrogens is 4. The lowest BCUT2D eigenvalue weighted by molar-refractivity contribution is 0.0997.